The van der Waals surface area contributed by atoms with E-state index in [4.69, 9.17) is 0 Å². The first-order valence-corrected chi connectivity index (χ1v) is 7.02. The number of aryl methyl sites for hydroxylation is 2. The van der Waals surface area contributed by atoms with Crippen molar-refractivity contribution in [1.29, 1.82) is 0 Å². The summed E-state index contributed by atoms with van der Waals surface area (Å²) >= 11 is 3.58. The molecule has 0 bridgehead atoms. The number of benzene rings is 2. The lowest BCUT2D eigenvalue weighted by Crippen LogP contribution is -1.97. The van der Waals surface area contributed by atoms with Crippen LogP contribution in [0.3, 0.4) is 0 Å². The minimum Gasteiger partial charge on any atom is -0.207 e. The normalized spacial score (nSPS) is 12.4. The van der Waals surface area contributed by atoms with E-state index in [2.05, 4.69) is 47.1 Å². The molecule has 0 fully saturated rings. The van der Waals surface area contributed by atoms with Gasteiger partial charge in [0.1, 0.15) is 5.82 Å². The van der Waals surface area contributed by atoms with Gasteiger partial charge in [-0.3, -0.25) is 0 Å². The first-order chi connectivity index (χ1) is 8.61. The average Bonchev–Trinajstić information content (AvgIpc) is 2.38. The Morgan fingerprint density at radius 2 is 1.78 bits per heavy atom. The Bertz CT molecular complexity index is 531. The Morgan fingerprint density at radius 3 is 2.33 bits per heavy atom. The van der Waals surface area contributed by atoms with Gasteiger partial charge in [-0.25, -0.2) is 4.39 Å². The minimum absolute atomic E-state index is 0.0935. The van der Waals surface area contributed by atoms with Gasteiger partial charge in [0.15, 0.2) is 0 Å². The number of halogens is 2. The molecule has 2 aromatic carbocycles. The number of alkyl halides is 1. The molecule has 94 valence electrons. The second-order valence-electron chi connectivity index (χ2n) is 4.48. The maximum Gasteiger partial charge on any atom is 0.128 e. The van der Waals surface area contributed by atoms with Crippen LogP contribution in [0, 0.1) is 12.7 Å². The summed E-state index contributed by atoms with van der Waals surface area (Å²) < 4.78 is 13.9. The Kier molecular flexibility index (Phi) is 4.18. The van der Waals surface area contributed by atoms with Crippen LogP contribution in [0.25, 0.3) is 0 Å². The molecule has 0 saturated carbocycles. The summed E-state index contributed by atoms with van der Waals surface area (Å²) in [5.41, 5.74) is 4.00. The topological polar surface area (TPSA) is 0 Å². The molecule has 0 aliphatic carbocycles. The SMILES string of the molecule is CCc1ccc(C(Br)c2ccc(C)cc2F)cc1. The van der Waals surface area contributed by atoms with E-state index in [9.17, 15) is 4.39 Å². The second-order valence-corrected chi connectivity index (χ2v) is 5.40. The molecule has 0 aliphatic rings. The first-order valence-electron chi connectivity index (χ1n) is 6.10. The summed E-state index contributed by atoms with van der Waals surface area (Å²) in [6.45, 7) is 4.02. The van der Waals surface area contributed by atoms with E-state index in [0.29, 0.717) is 5.56 Å². The quantitative estimate of drug-likeness (QED) is 0.685. The van der Waals surface area contributed by atoms with Crippen LogP contribution in [0.2, 0.25) is 0 Å². The van der Waals surface area contributed by atoms with Crippen molar-refractivity contribution in [2.45, 2.75) is 25.1 Å². The smallest absolute Gasteiger partial charge is 0.128 e. The van der Waals surface area contributed by atoms with Crippen LogP contribution in [-0.4, -0.2) is 0 Å². The van der Waals surface area contributed by atoms with Crippen LogP contribution in [-0.2, 0) is 6.42 Å². The molecule has 1 atom stereocenters. The molecule has 0 nitrogen and oxygen atoms in total. The molecular weight excluding hydrogens is 291 g/mol. The average molecular weight is 307 g/mol. The monoisotopic (exact) mass is 306 g/mol. The molecule has 2 aromatic rings. The van der Waals surface area contributed by atoms with Crippen molar-refractivity contribution in [2.75, 3.05) is 0 Å². The Labute approximate surface area is 116 Å². The third kappa shape index (κ3) is 2.81. The molecule has 1 unspecified atom stereocenters. The van der Waals surface area contributed by atoms with Crippen molar-refractivity contribution < 1.29 is 4.39 Å². The van der Waals surface area contributed by atoms with Crippen LogP contribution in [0.5, 0.6) is 0 Å². The van der Waals surface area contributed by atoms with Crippen molar-refractivity contribution >= 4 is 15.9 Å². The van der Waals surface area contributed by atoms with Gasteiger partial charge in [-0.15, -0.1) is 0 Å². The summed E-state index contributed by atoms with van der Waals surface area (Å²) in [4.78, 5) is -0.0935. The van der Waals surface area contributed by atoms with Gasteiger partial charge in [0, 0.05) is 5.56 Å². The maximum absolute atomic E-state index is 13.9. The standard InChI is InChI=1S/C16H16BrF/c1-3-12-5-7-13(8-6-12)16(17)14-9-4-11(2)10-15(14)18/h4-10,16H,3H2,1-2H3. The molecule has 18 heavy (non-hydrogen) atoms. The van der Waals surface area contributed by atoms with Crippen molar-refractivity contribution in [2.24, 2.45) is 0 Å². The van der Waals surface area contributed by atoms with Crippen molar-refractivity contribution in [3.05, 3.63) is 70.5 Å². The maximum atomic E-state index is 13.9. The van der Waals surface area contributed by atoms with Gasteiger partial charge in [-0.2, -0.15) is 0 Å². The zero-order valence-electron chi connectivity index (χ0n) is 10.6. The van der Waals surface area contributed by atoms with E-state index >= 15 is 0 Å². The number of rotatable bonds is 3. The highest BCUT2D eigenvalue weighted by Crippen LogP contribution is 2.32. The summed E-state index contributed by atoms with van der Waals surface area (Å²) in [5.74, 6) is -0.156. The van der Waals surface area contributed by atoms with Crippen LogP contribution in [0.4, 0.5) is 4.39 Å². The van der Waals surface area contributed by atoms with Gasteiger partial charge in [-0.1, -0.05) is 59.3 Å². The van der Waals surface area contributed by atoms with Gasteiger partial charge < -0.3 is 0 Å². The molecule has 0 N–H and O–H groups in total. The molecule has 0 aromatic heterocycles. The van der Waals surface area contributed by atoms with E-state index in [-0.39, 0.29) is 10.6 Å². The highest BCUT2D eigenvalue weighted by molar-refractivity contribution is 9.09. The molecule has 0 saturated heterocycles. The molecule has 2 heteroatoms. The van der Waals surface area contributed by atoms with Crippen molar-refractivity contribution in [3.63, 3.8) is 0 Å². The second kappa shape index (κ2) is 5.66. The molecule has 0 heterocycles. The van der Waals surface area contributed by atoms with Gasteiger partial charge in [0.05, 0.1) is 4.83 Å². The lowest BCUT2D eigenvalue weighted by molar-refractivity contribution is 0.612. The van der Waals surface area contributed by atoms with Gasteiger partial charge in [0.25, 0.3) is 0 Å². The largest absolute Gasteiger partial charge is 0.207 e. The number of hydrogen-bond donors (Lipinski definition) is 0. The van der Waals surface area contributed by atoms with Crippen LogP contribution in [0.15, 0.2) is 42.5 Å². The molecule has 0 spiro atoms. The van der Waals surface area contributed by atoms with Crippen LogP contribution in [0.1, 0.15) is 34.0 Å². The van der Waals surface area contributed by atoms with E-state index in [1.165, 1.54) is 5.56 Å². The van der Waals surface area contributed by atoms with E-state index in [1.54, 1.807) is 6.07 Å². The number of hydrogen-bond acceptors (Lipinski definition) is 0. The van der Waals surface area contributed by atoms with Gasteiger partial charge >= 0.3 is 0 Å². The molecule has 0 aliphatic heterocycles. The van der Waals surface area contributed by atoms with Crippen LogP contribution < -0.4 is 0 Å². The molecular formula is C16H16BrF. The fraction of sp³-hybridized carbons (Fsp3) is 0.250. The van der Waals surface area contributed by atoms with Crippen molar-refractivity contribution in [3.8, 4) is 0 Å². The predicted molar refractivity (Wildman–Crippen MR) is 77.7 cm³/mol. The summed E-state index contributed by atoms with van der Waals surface area (Å²) in [6.07, 6.45) is 1.02. The Balaban J connectivity index is 2.31. The van der Waals surface area contributed by atoms with Crippen LogP contribution >= 0.6 is 15.9 Å². The fourth-order valence-corrected chi connectivity index (χ4v) is 2.62. The Morgan fingerprint density at radius 1 is 1.11 bits per heavy atom. The predicted octanol–water partition coefficient (Wildman–Crippen LogP) is 5.18. The highest BCUT2D eigenvalue weighted by Gasteiger charge is 2.14. The highest BCUT2D eigenvalue weighted by atomic mass is 79.9. The van der Waals surface area contributed by atoms with Crippen molar-refractivity contribution in [1.82, 2.24) is 0 Å². The van der Waals surface area contributed by atoms with E-state index < -0.39 is 0 Å². The van der Waals surface area contributed by atoms with Gasteiger partial charge in [-0.05, 0) is 36.1 Å². The third-order valence-corrected chi connectivity index (χ3v) is 4.13. The van der Waals surface area contributed by atoms with E-state index in [1.807, 2.05) is 19.1 Å². The fourth-order valence-electron chi connectivity index (χ4n) is 1.94. The first kappa shape index (κ1) is 13.3. The lowest BCUT2D eigenvalue weighted by Gasteiger charge is -2.12. The summed E-state index contributed by atoms with van der Waals surface area (Å²) in [6, 6.07) is 13.6. The molecule has 0 radical (unpaired) electrons. The zero-order chi connectivity index (χ0) is 13.1. The molecule has 2 rings (SSSR count). The van der Waals surface area contributed by atoms with Gasteiger partial charge in [0.2, 0.25) is 0 Å². The lowest BCUT2D eigenvalue weighted by atomic mass is 10.0. The third-order valence-electron chi connectivity index (χ3n) is 3.11. The molecule has 0 amide bonds. The Hall–Kier alpha value is -1.15. The minimum atomic E-state index is -0.156. The van der Waals surface area contributed by atoms with E-state index in [0.717, 1.165) is 17.5 Å². The summed E-state index contributed by atoms with van der Waals surface area (Å²) in [7, 11) is 0. The summed E-state index contributed by atoms with van der Waals surface area (Å²) in [5, 5.41) is 0. The zero-order valence-corrected chi connectivity index (χ0v) is 12.2.